The molecule has 0 radical (unpaired) electrons. The van der Waals surface area contributed by atoms with Gasteiger partial charge < -0.3 is 4.57 Å². The van der Waals surface area contributed by atoms with Gasteiger partial charge in [-0.1, -0.05) is 123 Å². The predicted molar refractivity (Wildman–Crippen MR) is 203 cm³/mol. The molecule has 0 spiro atoms. The summed E-state index contributed by atoms with van der Waals surface area (Å²) in [5, 5.41) is 7.84. The second-order valence-corrected chi connectivity index (χ2v) is 14.1. The Morgan fingerprint density at radius 3 is 1.88 bits per heavy atom. The van der Waals surface area contributed by atoms with Crippen LogP contribution in [-0.2, 0) is 5.41 Å². The predicted octanol–water partition coefficient (Wildman–Crippen LogP) is 12.7. The van der Waals surface area contributed by atoms with Crippen LogP contribution >= 0.6 is 0 Å². The maximum atomic E-state index is 2.45. The van der Waals surface area contributed by atoms with Crippen molar-refractivity contribution in [3.63, 3.8) is 0 Å². The summed E-state index contributed by atoms with van der Waals surface area (Å²) in [5.74, 6) is 0. The van der Waals surface area contributed by atoms with Crippen LogP contribution in [0.2, 0.25) is 0 Å². The Morgan fingerprint density at radius 1 is 0.396 bits per heavy atom. The highest BCUT2D eigenvalue weighted by Gasteiger charge is 2.35. The number of rotatable bonds is 2. The maximum absolute atomic E-state index is 2.45. The van der Waals surface area contributed by atoms with E-state index in [1.165, 1.54) is 105 Å². The van der Waals surface area contributed by atoms with Crippen molar-refractivity contribution in [2.75, 3.05) is 0 Å². The molecule has 0 saturated heterocycles. The quantitative estimate of drug-likeness (QED) is 0.184. The molecule has 48 heavy (non-hydrogen) atoms. The topological polar surface area (TPSA) is 4.93 Å². The largest absolute Gasteiger partial charge is 0.309 e. The van der Waals surface area contributed by atoms with E-state index in [0.717, 1.165) is 0 Å². The number of hydrogen-bond donors (Lipinski definition) is 0. The first kappa shape index (κ1) is 26.2. The zero-order valence-electron chi connectivity index (χ0n) is 26.9. The Morgan fingerprint density at radius 2 is 1.04 bits per heavy atom. The molecule has 2 aliphatic carbocycles. The lowest BCUT2D eigenvalue weighted by Gasteiger charge is -2.21. The molecule has 2 aliphatic rings. The van der Waals surface area contributed by atoms with E-state index in [-0.39, 0.29) is 5.41 Å². The summed E-state index contributed by atoms with van der Waals surface area (Å²) in [6, 6.07) is 56.8. The third-order valence-corrected chi connectivity index (χ3v) is 11.3. The molecule has 1 heterocycles. The smallest absolute Gasteiger partial charge is 0.0547 e. The van der Waals surface area contributed by atoms with Gasteiger partial charge in [0.1, 0.15) is 0 Å². The number of fused-ring (bicyclic) bond motifs is 10. The first-order valence-corrected chi connectivity index (χ1v) is 16.9. The van der Waals surface area contributed by atoms with Gasteiger partial charge in [0.05, 0.1) is 11.0 Å². The van der Waals surface area contributed by atoms with Gasteiger partial charge in [0, 0.05) is 21.9 Å². The lowest BCUT2D eigenvalue weighted by Crippen LogP contribution is -2.14. The van der Waals surface area contributed by atoms with Gasteiger partial charge in [-0.2, -0.15) is 0 Å². The molecule has 0 N–H and O–H groups in total. The third-order valence-electron chi connectivity index (χ3n) is 11.3. The van der Waals surface area contributed by atoms with Gasteiger partial charge in [0.15, 0.2) is 0 Å². The summed E-state index contributed by atoms with van der Waals surface area (Å²) in [7, 11) is 0. The highest BCUT2D eigenvalue weighted by atomic mass is 15.0. The molecule has 0 aliphatic heterocycles. The molecule has 0 saturated carbocycles. The number of hydrogen-bond acceptors (Lipinski definition) is 0. The first-order chi connectivity index (χ1) is 23.6. The lowest BCUT2D eigenvalue weighted by molar-refractivity contribution is 0.661. The van der Waals surface area contributed by atoms with Crippen LogP contribution in [-0.4, -0.2) is 4.57 Å². The Hall–Kier alpha value is -5.92. The van der Waals surface area contributed by atoms with Crippen molar-refractivity contribution < 1.29 is 0 Å². The Balaban J connectivity index is 1.09. The summed E-state index contributed by atoms with van der Waals surface area (Å²) in [6.45, 7) is 4.73. The molecule has 11 rings (SSSR count). The summed E-state index contributed by atoms with van der Waals surface area (Å²) >= 11 is 0. The van der Waals surface area contributed by atoms with Crippen LogP contribution in [0.3, 0.4) is 0 Å². The molecule has 8 aromatic carbocycles. The molecule has 0 unspecified atom stereocenters. The van der Waals surface area contributed by atoms with Gasteiger partial charge in [-0.15, -0.1) is 0 Å². The SMILES string of the molecule is CC1(C)c2ccccc2-c2cc3cc4c5ccccc5n(-c5ccc(-c6ccc7c8c(cccc68)-c6ccccc6-7)cc5)c4cc3cc21. The van der Waals surface area contributed by atoms with Crippen LogP contribution in [0.25, 0.3) is 93.5 Å². The van der Waals surface area contributed by atoms with Crippen molar-refractivity contribution in [1.29, 1.82) is 0 Å². The maximum Gasteiger partial charge on any atom is 0.0547 e. The minimum absolute atomic E-state index is 0.0248. The van der Waals surface area contributed by atoms with E-state index in [0.29, 0.717) is 0 Å². The summed E-state index contributed by atoms with van der Waals surface area (Å²) in [6.07, 6.45) is 0. The Bertz CT molecular complexity index is 2820. The van der Waals surface area contributed by atoms with Crippen LogP contribution < -0.4 is 0 Å². The fraction of sp³-hybridized carbons (Fsp3) is 0.0638. The highest BCUT2D eigenvalue weighted by molar-refractivity contribution is 6.19. The van der Waals surface area contributed by atoms with E-state index in [4.69, 9.17) is 0 Å². The molecule has 1 aromatic heterocycles. The molecule has 224 valence electrons. The monoisotopic (exact) mass is 609 g/mol. The zero-order valence-corrected chi connectivity index (χ0v) is 26.9. The van der Waals surface area contributed by atoms with Crippen molar-refractivity contribution in [2.24, 2.45) is 0 Å². The van der Waals surface area contributed by atoms with Gasteiger partial charge in [-0.3, -0.25) is 0 Å². The van der Waals surface area contributed by atoms with E-state index in [1.807, 2.05) is 0 Å². The molecule has 9 aromatic rings. The van der Waals surface area contributed by atoms with E-state index >= 15 is 0 Å². The summed E-state index contributed by atoms with van der Waals surface area (Å²) in [5.41, 5.74) is 17.1. The average molecular weight is 610 g/mol. The minimum Gasteiger partial charge on any atom is -0.309 e. The Kier molecular flexibility index (Phi) is 4.97. The molecular weight excluding hydrogens is 579 g/mol. The standard InChI is InChI=1S/C47H31N/c1-47(2)42-16-7-5-12-35(42)40-24-29-25-41-36-13-6-8-17-44(36)48(45(41)27-30(29)26-43(40)47)31-20-18-28(19-21-31)32-22-23-39-34-11-4-3-10-33(34)38-15-9-14-37(32)46(38)39/h3-27H,1-2H3. The van der Waals surface area contributed by atoms with Gasteiger partial charge >= 0.3 is 0 Å². The second kappa shape index (κ2) is 9.12. The number of nitrogens with zero attached hydrogens (tertiary/aromatic N) is 1. The van der Waals surface area contributed by atoms with Gasteiger partial charge in [0.2, 0.25) is 0 Å². The van der Waals surface area contributed by atoms with E-state index in [2.05, 4.69) is 170 Å². The Labute approximate surface area is 279 Å². The van der Waals surface area contributed by atoms with E-state index < -0.39 is 0 Å². The molecule has 0 fully saturated rings. The zero-order chi connectivity index (χ0) is 31.7. The van der Waals surface area contributed by atoms with Crippen molar-refractivity contribution in [2.45, 2.75) is 19.3 Å². The molecule has 1 heteroatoms. The fourth-order valence-electron chi connectivity index (χ4n) is 9.04. The van der Waals surface area contributed by atoms with E-state index in [1.54, 1.807) is 0 Å². The van der Waals surface area contributed by atoms with Crippen LogP contribution in [0.4, 0.5) is 0 Å². The normalized spacial score (nSPS) is 13.8. The molecule has 0 atom stereocenters. The average Bonchev–Trinajstić information content (AvgIpc) is 3.71. The van der Waals surface area contributed by atoms with Gasteiger partial charge in [-0.25, -0.2) is 0 Å². The van der Waals surface area contributed by atoms with Crippen molar-refractivity contribution in [1.82, 2.24) is 4.57 Å². The van der Waals surface area contributed by atoms with Crippen LogP contribution in [0.15, 0.2) is 152 Å². The highest BCUT2D eigenvalue weighted by Crippen LogP contribution is 2.51. The second-order valence-electron chi connectivity index (χ2n) is 14.1. The lowest BCUT2D eigenvalue weighted by atomic mass is 9.82. The number of benzene rings is 8. The van der Waals surface area contributed by atoms with Crippen LogP contribution in [0, 0.1) is 0 Å². The summed E-state index contributed by atoms with van der Waals surface area (Å²) < 4.78 is 2.45. The van der Waals surface area contributed by atoms with E-state index in [9.17, 15) is 0 Å². The van der Waals surface area contributed by atoms with Crippen molar-refractivity contribution in [3.8, 4) is 50.2 Å². The minimum atomic E-state index is -0.0248. The molecule has 0 bridgehead atoms. The third kappa shape index (κ3) is 3.31. The van der Waals surface area contributed by atoms with Gasteiger partial charge in [-0.05, 0) is 120 Å². The molecular formula is C47H31N. The fourth-order valence-corrected chi connectivity index (χ4v) is 9.04. The molecule has 0 amide bonds. The number of para-hydroxylation sites is 1. The van der Waals surface area contributed by atoms with Crippen molar-refractivity contribution in [3.05, 3.63) is 163 Å². The van der Waals surface area contributed by atoms with Gasteiger partial charge in [0.25, 0.3) is 0 Å². The summed E-state index contributed by atoms with van der Waals surface area (Å²) in [4.78, 5) is 0. The van der Waals surface area contributed by atoms with Crippen molar-refractivity contribution >= 4 is 43.4 Å². The number of aromatic nitrogens is 1. The van der Waals surface area contributed by atoms with Crippen LogP contribution in [0.1, 0.15) is 25.0 Å². The van der Waals surface area contributed by atoms with Crippen LogP contribution in [0.5, 0.6) is 0 Å². The molecule has 1 nitrogen and oxygen atoms in total. The first-order valence-electron chi connectivity index (χ1n) is 16.9.